The maximum absolute atomic E-state index is 13.3. The van der Waals surface area contributed by atoms with Crippen molar-refractivity contribution in [1.29, 1.82) is 0 Å². The van der Waals surface area contributed by atoms with Crippen LogP contribution in [-0.4, -0.2) is 44.6 Å². The molecule has 0 radical (unpaired) electrons. The van der Waals surface area contributed by atoms with Crippen LogP contribution in [0.2, 0.25) is 0 Å². The van der Waals surface area contributed by atoms with Crippen molar-refractivity contribution in [1.82, 2.24) is 20.1 Å². The standard InChI is InChI=1S/C24H33N5O2S/c1-16(21(30)25-24-12-17-9-18(13-24)11-19(10-17)14-24)32-23-27-26-22(28-6-2-3-7-28)29(23)15-20-5-4-8-31-20/h4-5,8,16-19H,2-3,6-7,9-15H2,1H3,(H,25,30). The van der Waals surface area contributed by atoms with E-state index in [0.29, 0.717) is 6.54 Å². The molecule has 2 aromatic rings. The Morgan fingerprint density at radius 3 is 2.50 bits per heavy atom. The van der Waals surface area contributed by atoms with E-state index in [4.69, 9.17) is 4.42 Å². The van der Waals surface area contributed by atoms with Crippen molar-refractivity contribution in [3.63, 3.8) is 0 Å². The number of anilines is 1. The van der Waals surface area contributed by atoms with Gasteiger partial charge in [-0.3, -0.25) is 9.36 Å². The third kappa shape index (κ3) is 3.84. The molecule has 1 saturated heterocycles. The summed E-state index contributed by atoms with van der Waals surface area (Å²) in [6.07, 6.45) is 11.7. The number of hydrogen-bond acceptors (Lipinski definition) is 6. The van der Waals surface area contributed by atoms with Crippen molar-refractivity contribution >= 4 is 23.6 Å². The molecule has 32 heavy (non-hydrogen) atoms. The number of nitrogens with one attached hydrogen (secondary N) is 1. The highest BCUT2D eigenvalue weighted by molar-refractivity contribution is 8.00. The number of nitrogens with zero attached hydrogens (tertiary/aromatic N) is 4. The molecule has 7 nitrogen and oxygen atoms in total. The van der Waals surface area contributed by atoms with Gasteiger partial charge in [0.25, 0.3) is 0 Å². The van der Waals surface area contributed by atoms with Crippen molar-refractivity contribution in [3.05, 3.63) is 24.2 Å². The molecule has 4 saturated carbocycles. The topological polar surface area (TPSA) is 76.2 Å². The lowest BCUT2D eigenvalue weighted by Crippen LogP contribution is -2.60. The number of carbonyl (C=O) groups is 1. The summed E-state index contributed by atoms with van der Waals surface area (Å²) >= 11 is 1.52. The van der Waals surface area contributed by atoms with E-state index in [1.807, 2.05) is 19.1 Å². The monoisotopic (exact) mass is 455 g/mol. The van der Waals surface area contributed by atoms with Gasteiger partial charge < -0.3 is 14.6 Å². The zero-order valence-electron chi connectivity index (χ0n) is 18.8. The van der Waals surface area contributed by atoms with E-state index in [1.165, 1.54) is 63.1 Å². The van der Waals surface area contributed by atoms with Gasteiger partial charge in [-0.2, -0.15) is 0 Å². The number of aromatic nitrogens is 3. The Kier molecular flexibility index (Phi) is 5.23. The Bertz CT molecular complexity index is 930. The fourth-order valence-corrected chi connectivity index (χ4v) is 7.90. The molecule has 1 atom stereocenters. The average molecular weight is 456 g/mol. The van der Waals surface area contributed by atoms with E-state index in [9.17, 15) is 4.79 Å². The Labute approximate surface area is 193 Å². The molecule has 7 rings (SSSR count). The van der Waals surface area contributed by atoms with Crippen LogP contribution in [0.3, 0.4) is 0 Å². The summed E-state index contributed by atoms with van der Waals surface area (Å²) in [6.45, 7) is 4.59. The highest BCUT2D eigenvalue weighted by Crippen LogP contribution is 2.55. The lowest BCUT2D eigenvalue weighted by Gasteiger charge is -2.57. The number of amides is 1. The molecule has 0 aromatic carbocycles. The van der Waals surface area contributed by atoms with Gasteiger partial charge in [0.05, 0.1) is 18.1 Å². The number of thioether (sulfide) groups is 1. The molecule has 1 N–H and O–H groups in total. The fourth-order valence-electron chi connectivity index (χ4n) is 7.05. The second-order valence-corrected chi connectivity index (χ2v) is 11.9. The minimum atomic E-state index is -0.214. The third-order valence-electron chi connectivity index (χ3n) is 8.06. The van der Waals surface area contributed by atoms with Crippen LogP contribution in [0, 0.1) is 17.8 Å². The Morgan fingerprint density at radius 1 is 1.19 bits per heavy atom. The molecule has 1 amide bonds. The van der Waals surface area contributed by atoms with E-state index in [-0.39, 0.29) is 16.7 Å². The number of hydrogen-bond donors (Lipinski definition) is 1. The summed E-state index contributed by atoms with van der Waals surface area (Å²) in [5.74, 6) is 4.37. The van der Waals surface area contributed by atoms with E-state index in [0.717, 1.165) is 47.7 Å². The van der Waals surface area contributed by atoms with Gasteiger partial charge in [0, 0.05) is 18.6 Å². The van der Waals surface area contributed by atoms with Gasteiger partial charge in [-0.15, -0.1) is 10.2 Å². The minimum absolute atomic E-state index is 0.0448. The molecule has 3 heterocycles. The molecular formula is C24H33N5O2S. The molecule has 0 spiro atoms. The second-order valence-electron chi connectivity index (χ2n) is 10.6. The highest BCUT2D eigenvalue weighted by Gasteiger charge is 2.51. The van der Waals surface area contributed by atoms with Crippen LogP contribution < -0.4 is 10.2 Å². The maximum atomic E-state index is 13.3. The highest BCUT2D eigenvalue weighted by atomic mass is 32.2. The Balaban J connectivity index is 1.18. The molecule has 8 heteroatoms. The van der Waals surface area contributed by atoms with Crippen molar-refractivity contribution in [2.75, 3.05) is 18.0 Å². The van der Waals surface area contributed by atoms with Crippen molar-refractivity contribution in [3.8, 4) is 0 Å². The average Bonchev–Trinajstić information content (AvgIpc) is 3.50. The van der Waals surface area contributed by atoms with Gasteiger partial charge in [-0.25, -0.2) is 0 Å². The van der Waals surface area contributed by atoms with Crippen LogP contribution in [0.25, 0.3) is 0 Å². The Hall–Kier alpha value is -1.96. The number of rotatable bonds is 7. The first-order chi connectivity index (χ1) is 15.6. The minimum Gasteiger partial charge on any atom is -0.467 e. The third-order valence-corrected chi connectivity index (χ3v) is 9.14. The van der Waals surface area contributed by atoms with Crippen LogP contribution in [0.15, 0.2) is 28.0 Å². The number of carbonyl (C=O) groups excluding carboxylic acids is 1. The largest absolute Gasteiger partial charge is 0.467 e. The summed E-state index contributed by atoms with van der Waals surface area (Å²) in [7, 11) is 0. The smallest absolute Gasteiger partial charge is 0.233 e. The SMILES string of the molecule is CC(Sc1nnc(N2CCCC2)n1Cc1ccco1)C(=O)NC12CC3CC(CC(C3)C1)C2. The van der Waals surface area contributed by atoms with Crippen LogP contribution in [0.4, 0.5) is 5.95 Å². The normalized spacial score (nSPS) is 31.9. The van der Waals surface area contributed by atoms with Crippen LogP contribution >= 0.6 is 11.8 Å². The van der Waals surface area contributed by atoms with Crippen LogP contribution in [0.5, 0.6) is 0 Å². The summed E-state index contributed by atoms with van der Waals surface area (Å²) < 4.78 is 7.72. The number of furan rings is 1. The second kappa shape index (κ2) is 8.12. The van der Waals surface area contributed by atoms with Gasteiger partial charge in [0.15, 0.2) is 5.16 Å². The van der Waals surface area contributed by atoms with E-state index in [2.05, 4.69) is 25.0 Å². The first kappa shape index (κ1) is 20.6. The van der Waals surface area contributed by atoms with E-state index >= 15 is 0 Å². The first-order valence-corrected chi connectivity index (χ1v) is 13.1. The lowest BCUT2D eigenvalue weighted by molar-refractivity contribution is -0.126. The van der Waals surface area contributed by atoms with Gasteiger partial charge in [0.2, 0.25) is 11.9 Å². The van der Waals surface area contributed by atoms with E-state index < -0.39 is 0 Å². The van der Waals surface area contributed by atoms with Crippen LogP contribution in [-0.2, 0) is 11.3 Å². The summed E-state index contributed by atoms with van der Waals surface area (Å²) in [4.78, 5) is 15.6. The molecule has 2 aromatic heterocycles. The first-order valence-electron chi connectivity index (χ1n) is 12.3. The van der Waals surface area contributed by atoms with E-state index in [1.54, 1.807) is 6.26 Å². The molecule has 4 aliphatic carbocycles. The van der Waals surface area contributed by atoms with Crippen molar-refractivity contribution in [2.24, 2.45) is 17.8 Å². The fraction of sp³-hybridized carbons (Fsp3) is 0.708. The van der Waals surface area contributed by atoms with Gasteiger partial charge in [-0.1, -0.05) is 11.8 Å². The van der Waals surface area contributed by atoms with Crippen LogP contribution in [0.1, 0.15) is 64.1 Å². The summed E-state index contributed by atoms with van der Waals surface area (Å²) in [5.41, 5.74) is 0.0448. The van der Waals surface area contributed by atoms with Gasteiger partial charge >= 0.3 is 0 Å². The molecule has 5 fully saturated rings. The Morgan fingerprint density at radius 2 is 1.88 bits per heavy atom. The summed E-state index contributed by atoms with van der Waals surface area (Å²) in [6, 6.07) is 3.88. The maximum Gasteiger partial charge on any atom is 0.233 e. The van der Waals surface area contributed by atoms with Crippen molar-refractivity contribution < 1.29 is 9.21 Å². The van der Waals surface area contributed by atoms with Gasteiger partial charge in [-0.05, 0) is 88.2 Å². The van der Waals surface area contributed by atoms with Crippen molar-refractivity contribution in [2.45, 2.75) is 80.8 Å². The molecule has 4 bridgehead atoms. The van der Waals surface area contributed by atoms with Gasteiger partial charge in [0.1, 0.15) is 5.76 Å². The quantitative estimate of drug-likeness (QED) is 0.634. The summed E-state index contributed by atoms with van der Waals surface area (Å²) in [5, 5.41) is 13.1. The molecule has 1 unspecified atom stereocenters. The zero-order valence-corrected chi connectivity index (χ0v) is 19.6. The molecule has 172 valence electrons. The molecular weight excluding hydrogens is 422 g/mol. The zero-order chi connectivity index (χ0) is 21.7. The predicted octanol–water partition coefficient (Wildman–Crippen LogP) is 4.09. The predicted molar refractivity (Wildman–Crippen MR) is 124 cm³/mol. The molecule has 5 aliphatic rings. The molecule has 1 aliphatic heterocycles. The lowest BCUT2D eigenvalue weighted by atomic mass is 9.53.